The fourth-order valence-electron chi connectivity index (χ4n) is 1.35. The molecule has 0 aliphatic carbocycles. The van der Waals surface area contributed by atoms with Gasteiger partial charge in [0.15, 0.2) is 5.01 Å². The molecule has 1 aromatic heterocycles. The molecule has 0 saturated carbocycles. The van der Waals surface area contributed by atoms with E-state index in [1.165, 1.54) is 11.3 Å². The molecule has 0 aliphatic rings. The van der Waals surface area contributed by atoms with Crippen LogP contribution in [-0.2, 0) is 6.54 Å². The van der Waals surface area contributed by atoms with Crippen LogP contribution in [0.15, 0.2) is 29.6 Å². The van der Waals surface area contributed by atoms with Crippen molar-refractivity contribution in [3.63, 3.8) is 0 Å². The molecule has 0 atom stereocenters. The van der Waals surface area contributed by atoms with E-state index in [0.29, 0.717) is 22.3 Å². The Morgan fingerprint density at radius 2 is 2.28 bits per heavy atom. The Morgan fingerprint density at radius 3 is 2.94 bits per heavy atom. The summed E-state index contributed by atoms with van der Waals surface area (Å²) in [4.78, 5) is 15.8. The van der Waals surface area contributed by atoms with Crippen molar-refractivity contribution >= 4 is 28.8 Å². The van der Waals surface area contributed by atoms with Crippen molar-refractivity contribution < 1.29 is 4.79 Å². The molecule has 0 bridgehead atoms. The predicted octanol–water partition coefficient (Wildman–Crippen LogP) is 2.71. The first-order chi connectivity index (χ1) is 8.70. The Labute approximate surface area is 114 Å². The second-order valence-electron chi connectivity index (χ2n) is 3.46. The number of aromatic nitrogens is 1. The second-order valence-corrected chi connectivity index (χ2v) is 4.72. The van der Waals surface area contributed by atoms with Crippen LogP contribution in [0.4, 0.5) is 0 Å². The average molecular weight is 277 g/mol. The molecule has 1 heterocycles. The summed E-state index contributed by atoms with van der Waals surface area (Å²) < 4.78 is 0. The van der Waals surface area contributed by atoms with E-state index >= 15 is 0 Å². The molecule has 0 spiro atoms. The van der Waals surface area contributed by atoms with E-state index in [1.54, 1.807) is 11.4 Å². The Bertz CT molecular complexity index is 615. The molecule has 3 nitrogen and oxygen atoms in total. The summed E-state index contributed by atoms with van der Waals surface area (Å²) in [6.07, 6.45) is 5.20. The largest absolute Gasteiger partial charge is 0.347 e. The van der Waals surface area contributed by atoms with Crippen molar-refractivity contribution in [1.29, 1.82) is 0 Å². The first-order valence-electron chi connectivity index (χ1n) is 5.14. The zero-order valence-corrected chi connectivity index (χ0v) is 10.9. The number of thiazole rings is 1. The highest BCUT2D eigenvalue weighted by Gasteiger charge is 2.10. The molecule has 18 heavy (non-hydrogen) atoms. The number of hydrogen-bond acceptors (Lipinski definition) is 3. The number of halogens is 1. The minimum absolute atomic E-state index is 0.257. The van der Waals surface area contributed by atoms with Crippen molar-refractivity contribution in [3.8, 4) is 12.3 Å². The Balaban J connectivity index is 2.01. The van der Waals surface area contributed by atoms with Gasteiger partial charge in [0, 0.05) is 16.9 Å². The van der Waals surface area contributed by atoms with Gasteiger partial charge in [-0.15, -0.1) is 17.8 Å². The molecular weight excluding hydrogens is 268 g/mol. The fourth-order valence-corrected chi connectivity index (χ4v) is 2.16. The normalized spacial score (nSPS) is 9.78. The van der Waals surface area contributed by atoms with E-state index < -0.39 is 0 Å². The van der Waals surface area contributed by atoms with Crippen LogP contribution in [0.2, 0.25) is 5.02 Å². The number of terminal acetylenes is 1. The topological polar surface area (TPSA) is 42.0 Å². The number of nitrogens with zero attached hydrogens (tertiary/aromatic N) is 1. The first kappa shape index (κ1) is 12.6. The van der Waals surface area contributed by atoms with Crippen LogP contribution in [0, 0.1) is 12.3 Å². The van der Waals surface area contributed by atoms with Crippen LogP contribution in [0.1, 0.15) is 21.1 Å². The van der Waals surface area contributed by atoms with Gasteiger partial charge in [-0.1, -0.05) is 29.8 Å². The molecule has 0 saturated heterocycles. The highest BCUT2D eigenvalue weighted by molar-refractivity contribution is 7.10. The monoisotopic (exact) mass is 276 g/mol. The summed E-state index contributed by atoms with van der Waals surface area (Å²) >= 11 is 7.26. The average Bonchev–Trinajstić information content (AvgIpc) is 2.86. The van der Waals surface area contributed by atoms with Crippen LogP contribution in [0.25, 0.3) is 0 Å². The van der Waals surface area contributed by atoms with Crippen LogP contribution >= 0.6 is 22.9 Å². The van der Waals surface area contributed by atoms with Gasteiger partial charge in [0.25, 0.3) is 5.91 Å². The first-order valence-corrected chi connectivity index (χ1v) is 6.40. The van der Waals surface area contributed by atoms with Gasteiger partial charge in [-0.25, -0.2) is 4.98 Å². The van der Waals surface area contributed by atoms with E-state index in [-0.39, 0.29) is 5.91 Å². The van der Waals surface area contributed by atoms with Gasteiger partial charge in [0.05, 0.1) is 0 Å². The van der Waals surface area contributed by atoms with Crippen LogP contribution in [-0.4, -0.2) is 10.9 Å². The maximum Gasteiger partial charge on any atom is 0.271 e. The maximum absolute atomic E-state index is 11.8. The second kappa shape index (κ2) is 5.67. The Hall–Kier alpha value is -1.83. The lowest BCUT2D eigenvalue weighted by Crippen LogP contribution is -2.23. The molecule has 0 radical (unpaired) electrons. The SMILES string of the molecule is C#Cc1nc(C(=O)NCc2ccccc2Cl)cs1. The van der Waals surface area contributed by atoms with Gasteiger partial charge >= 0.3 is 0 Å². The van der Waals surface area contributed by atoms with E-state index in [2.05, 4.69) is 16.2 Å². The minimum Gasteiger partial charge on any atom is -0.347 e. The number of carbonyl (C=O) groups is 1. The number of rotatable bonds is 3. The van der Waals surface area contributed by atoms with Crippen LogP contribution in [0.3, 0.4) is 0 Å². The molecule has 2 aromatic rings. The van der Waals surface area contributed by atoms with Crippen molar-refractivity contribution in [1.82, 2.24) is 10.3 Å². The molecule has 1 amide bonds. The van der Waals surface area contributed by atoms with E-state index in [9.17, 15) is 4.79 Å². The number of benzene rings is 1. The minimum atomic E-state index is -0.257. The zero-order valence-electron chi connectivity index (χ0n) is 9.31. The van der Waals surface area contributed by atoms with E-state index in [4.69, 9.17) is 18.0 Å². The summed E-state index contributed by atoms with van der Waals surface area (Å²) in [5, 5.41) is 5.51. The zero-order chi connectivity index (χ0) is 13.0. The number of amides is 1. The van der Waals surface area contributed by atoms with Gasteiger partial charge in [-0.3, -0.25) is 4.79 Å². The van der Waals surface area contributed by atoms with Crippen molar-refractivity contribution in [2.45, 2.75) is 6.54 Å². The number of carbonyl (C=O) groups excluding carboxylic acids is 1. The quantitative estimate of drug-likeness (QED) is 0.876. The van der Waals surface area contributed by atoms with Crippen molar-refractivity contribution in [2.75, 3.05) is 0 Å². The van der Waals surface area contributed by atoms with Gasteiger partial charge < -0.3 is 5.32 Å². The number of hydrogen-bond donors (Lipinski definition) is 1. The summed E-state index contributed by atoms with van der Waals surface area (Å²) in [7, 11) is 0. The van der Waals surface area contributed by atoms with Crippen molar-refractivity contribution in [2.24, 2.45) is 0 Å². The summed E-state index contributed by atoms with van der Waals surface area (Å²) in [5.74, 6) is 2.13. The Kier molecular flexibility index (Phi) is 3.98. The highest BCUT2D eigenvalue weighted by atomic mass is 35.5. The lowest BCUT2D eigenvalue weighted by atomic mass is 10.2. The smallest absolute Gasteiger partial charge is 0.271 e. The molecule has 0 fully saturated rings. The Morgan fingerprint density at radius 1 is 1.50 bits per heavy atom. The summed E-state index contributed by atoms with van der Waals surface area (Å²) in [5.41, 5.74) is 1.19. The highest BCUT2D eigenvalue weighted by Crippen LogP contribution is 2.14. The molecule has 1 N–H and O–H groups in total. The van der Waals surface area contributed by atoms with Gasteiger partial charge in [0.1, 0.15) is 5.69 Å². The third-order valence-corrected chi connectivity index (χ3v) is 3.40. The van der Waals surface area contributed by atoms with E-state index in [1.807, 2.05) is 18.2 Å². The third kappa shape index (κ3) is 2.89. The lowest BCUT2D eigenvalue weighted by molar-refractivity contribution is 0.0946. The standard InChI is InChI=1S/C13H9ClN2OS/c1-2-12-16-11(8-18-12)13(17)15-7-9-5-3-4-6-10(9)14/h1,3-6,8H,7H2,(H,15,17). The van der Waals surface area contributed by atoms with Gasteiger partial charge in [-0.2, -0.15) is 0 Å². The lowest BCUT2D eigenvalue weighted by Gasteiger charge is -2.05. The van der Waals surface area contributed by atoms with E-state index in [0.717, 1.165) is 5.56 Å². The molecule has 2 rings (SSSR count). The van der Waals surface area contributed by atoms with Gasteiger partial charge in [-0.05, 0) is 17.6 Å². The molecular formula is C13H9ClN2OS. The molecule has 90 valence electrons. The number of nitrogens with one attached hydrogen (secondary N) is 1. The maximum atomic E-state index is 11.8. The van der Waals surface area contributed by atoms with Crippen LogP contribution < -0.4 is 5.32 Å². The predicted molar refractivity (Wildman–Crippen MR) is 72.7 cm³/mol. The van der Waals surface area contributed by atoms with Crippen LogP contribution in [0.5, 0.6) is 0 Å². The molecule has 1 aromatic carbocycles. The fraction of sp³-hybridized carbons (Fsp3) is 0.0769. The summed E-state index contributed by atoms with van der Waals surface area (Å²) in [6.45, 7) is 0.363. The summed E-state index contributed by atoms with van der Waals surface area (Å²) in [6, 6.07) is 7.35. The molecule has 0 aliphatic heterocycles. The molecule has 0 unspecified atom stereocenters. The third-order valence-electron chi connectivity index (χ3n) is 2.26. The van der Waals surface area contributed by atoms with Gasteiger partial charge in [0.2, 0.25) is 0 Å². The molecule has 5 heteroatoms. The van der Waals surface area contributed by atoms with Crippen molar-refractivity contribution in [3.05, 3.63) is 50.9 Å².